The first-order valence-electron chi connectivity index (χ1n) is 5.33. The molecule has 18 heavy (non-hydrogen) atoms. The maximum absolute atomic E-state index is 11.9. The summed E-state index contributed by atoms with van der Waals surface area (Å²) in [4.78, 5) is 4.01. The molecule has 1 N–H and O–H groups in total. The van der Waals surface area contributed by atoms with Gasteiger partial charge in [0.15, 0.2) is 5.82 Å². The van der Waals surface area contributed by atoms with Crippen molar-refractivity contribution in [2.45, 2.75) is 18.8 Å². The summed E-state index contributed by atoms with van der Waals surface area (Å²) < 4.78 is 45.0. The molecule has 0 spiro atoms. The number of rotatable bonds is 4. The van der Waals surface area contributed by atoms with Crippen molar-refractivity contribution in [2.75, 3.05) is 24.7 Å². The summed E-state index contributed by atoms with van der Waals surface area (Å²) in [5.41, 5.74) is 0. The highest BCUT2D eigenvalue weighted by atomic mass is 32.2. The Morgan fingerprint density at radius 3 is 3.00 bits per heavy atom. The van der Waals surface area contributed by atoms with Crippen molar-refractivity contribution in [1.29, 1.82) is 0 Å². The number of aromatic nitrogens is 2. The Bertz CT molecular complexity index is 379. The van der Waals surface area contributed by atoms with Crippen LogP contribution in [0.25, 0.3) is 0 Å². The van der Waals surface area contributed by atoms with Crippen molar-refractivity contribution < 1.29 is 22.4 Å². The molecule has 0 bridgehead atoms. The van der Waals surface area contributed by atoms with Gasteiger partial charge in [-0.25, -0.2) is 0 Å². The van der Waals surface area contributed by atoms with Crippen molar-refractivity contribution in [1.82, 2.24) is 15.5 Å². The number of nitrogens with zero attached hydrogens (tertiary/aromatic N) is 2. The van der Waals surface area contributed by atoms with Crippen LogP contribution < -0.4 is 5.32 Å². The normalized spacial score (nSPS) is 21.2. The van der Waals surface area contributed by atoms with Crippen molar-refractivity contribution in [3.8, 4) is 0 Å². The van der Waals surface area contributed by atoms with E-state index in [0.29, 0.717) is 5.89 Å². The minimum absolute atomic E-state index is 0.0346. The van der Waals surface area contributed by atoms with Gasteiger partial charge in [0, 0.05) is 18.1 Å². The van der Waals surface area contributed by atoms with Gasteiger partial charge in [-0.05, 0) is 0 Å². The van der Waals surface area contributed by atoms with Gasteiger partial charge in [-0.3, -0.25) is 0 Å². The molecule has 0 radical (unpaired) electrons. The van der Waals surface area contributed by atoms with Gasteiger partial charge < -0.3 is 14.6 Å². The summed E-state index contributed by atoms with van der Waals surface area (Å²) in [5, 5.41) is 6.77. The van der Waals surface area contributed by atoms with Crippen molar-refractivity contribution in [3.05, 3.63) is 11.7 Å². The lowest BCUT2D eigenvalue weighted by Crippen LogP contribution is -2.30. The average molecular weight is 283 g/mol. The Balaban J connectivity index is 1.82. The van der Waals surface area contributed by atoms with Gasteiger partial charge in [0.25, 0.3) is 0 Å². The van der Waals surface area contributed by atoms with Crippen molar-refractivity contribution in [3.63, 3.8) is 0 Å². The van der Waals surface area contributed by atoms with E-state index in [0.717, 1.165) is 18.1 Å². The Morgan fingerprint density at radius 2 is 2.33 bits per heavy atom. The fourth-order valence-corrected chi connectivity index (χ4v) is 2.37. The number of halogens is 3. The smallest absolute Gasteiger partial charge is 0.364 e. The zero-order valence-corrected chi connectivity index (χ0v) is 10.2. The van der Waals surface area contributed by atoms with E-state index in [1.807, 2.05) is 0 Å². The second-order valence-electron chi connectivity index (χ2n) is 3.74. The maximum Gasteiger partial charge on any atom is 0.411 e. The summed E-state index contributed by atoms with van der Waals surface area (Å²) in [6.07, 6.45) is -4.34. The van der Waals surface area contributed by atoms with Crippen LogP contribution in [0.15, 0.2) is 4.52 Å². The molecule has 2 rings (SSSR count). The van der Waals surface area contributed by atoms with Gasteiger partial charge in [-0.1, -0.05) is 5.16 Å². The largest absolute Gasteiger partial charge is 0.411 e. The number of thioether (sulfide) groups is 1. The van der Waals surface area contributed by atoms with E-state index in [9.17, 15) is 13.2 Å². The van der Waals surface area contributed by atoms with Gasteiger partial charge >= 0.3 is 6.18 Å². The molecule has 1 aromatic rings. The molecule has 1 aromatic heterocycles. The third-order valence-corrected chi connectivity index (χ3v) is 3.26. The predicted octanol–water partition coefficient (Wildman–Crippen LogP) is 1.53. The molecule has 2 heterocycles. The van der Waals surface area contributed by atoms with Gasteiger partial charge in [-0.15, -0.1) is 0 Å². The molecular formula is C9H12F3N3O2S. The van der Waals surface area contributed by atoms with E-state index in [-0.39, 0.29) is 18.5 Å². The number of alkyl halides is 3. The Labute approximate surface area is 105 Å². The molecule has 1 aliphatic rings. The highest BCUT2D eigenvalue weighted by Gasteiger charge is 2.28. The SMILES string of the molecule is FC(F)(F)COCc1noc(C2CSCCN2)n1. The highest BCUT2D eigenvalue weighted by molar-refractivity contribution is 7.99. The van der Waals surface area contributed by atoms with Crippen LogP contribution in [-0.2, 0) is 11.3 Å². The molecule has 1 aliphatic heterocycles. The minimum Gasteiger partial charge on any atom is -0.364 e. The van der Waals surface area contributed by atoms with E-state index in [1.165, 1.54) is 0 Å². The van der Waals surface area contributed by atoms with Gasteiger partial charge in [0.2, 0.25) is 5.89 Å². The second-order valence-corrected chi connectivity index (χ2v) is 4.89. The van der Waals surface area contributed by atoms with Gasteiger partial charge in [0.1, 0.15) is 13.2 Å². The molecule has 1 saturated heterocycles. The van der Waals surface area contributed by atoms with Crippen LogP contribution in [0.1, 0.15) is 17.8 Å². The Kier molecular flexibility index (Phi) is 4.46. The van der Waals surface area contributed by atoms with Crippen LogP contribution >= 0.6 is 11.8 Å². The molecule has 1 atom stereocenters. The quantitative estimate of drug-likeness (QED) is 0.904. The first kappa shape index (κ1) is 13.6. The second kappa shape index (κ2) is 5.89. The van der Waals surface area contributed by atoms with E-state index in [4.69, 9.17) is 4.52 Å². The van der Waals surface area contributed by atoms with E-state index >= 15 is 0 Å². The number of hydrogen-bond donors (Lipinski definition) is 1. The molecule has 1 unspecified atom stereocenters. The molecule has 1 fully saturated rings. The van der Waals surface area contributed by atoms with Crippen LogP contribution in [0.2, 0.25) is 0 Å². The zero-order chi connectivity index (χ0) is 13.0. The molecular weight excluding hydrogens is 271 g/mol. The molecule has 9 heteroatoms. The van der Waals surface area contributed by atoms with Gasteiger partial charge in [0.05, 0.1) is 6.04 Å². The van der Waals surface area contributed by atoms with Crippen LogP contribution in [0, 0.1) is 0 Å². The topological polar surface area (TPSA) is 60.2 Å². The summed E-state index contributed by atoms with van der Waals surface area (Å²) in [6, 6.07) is -0.0346. The van der Waals surface area contributed by atoms with E-state index in [1.54, 1.807) is 11.8 Å². The van der Waals surface area contributed by atoms with Crippen LogP contribution in [0.5, 0.6) is 0 Å². The first-order valence-corrected chi connectivity index (χ1v) is 6.48. The molecule has 0 saturated carbocycles. The monoisotopic (exact) mass is 283 g/mol. The Morgan fingerprint density at radius 1 is 1.50 bits per heavy atom. The fourth-order valence-electron chi connectivity index (χ4n) is 1.45. The summed E-state index contributed by atoms with van der Waals surface area (Å²) in [6.45, 7) is -0.769. The lowest BCUT2D eigenvalue weighted by atomic mass is 10.3. The maximum atomic E-state index is 11.9. The summed E-state index contributed by atoms with van der Waals surface area (Å²) in [7, 11) is 0. The highest BCUT2D eigenvalue weighted by Crippen LogP contribution is 2.20. The van der Waals surface area contributed by atoms with Gasteiger partial charge in [-0.2, -0.15) is 29.9 Å². The zero-order valence-electron chi connectivity index (χ0n) is 9.37. The molecule has 0 amide bonds. The van der Waals surface area contributed by atoms with Crippen molar-refractivity contribution in [2.24, 2.45) is 0 Å². The number of hydrogen-bond acceptors (Lipinski definition) is 6. The molecule has 0 aliphatic carbocycles. The minimum atomic E-state index is -4.34. The predicted molar refractivity (Wildman–Crippen MR) is 58.1 cm³/mol. The summed E-state index contributed by atoms with van der Waals surface area (Å²) in [5.74, 6) is 2.36. The average Bonchev–Trinajstić information content (AvgIpc) is 2.77. The van der Waals surface area contributed by atoms with Crippen LogP contribution in [-0.4, -0.2) is 41.0 Å². The van der Waals surface area contributed by atoms with E-state index in [2.05, 4.69) is 20.2 Å². The third kappa shape index (κ3) is 4.14. The summed E-state index contributed by atoms with van der Waals surface area (Å²) >= 11 is 1.76. The lowest BCUT2D eigenvalue weighted by molar-refractivity contribution is -0.177. The first-order chi connectivity index (χ1) is 8.54. The molecule has 102 valence electrons. The number of ether oxygens (including phenoxy) is 1. The standard InChI is InChI=1S/C9H12F3N3O2S/c10-9(11,12)5-16-3-7-14-8(17-15-7)6-4-18-2-1-13-6/h6,13H,1-5H2. The van der Waals surface area contributed by atoms with Crippen molar-refractivity contribution >= 4 is 11.8 Å². The lowest BCUT2D eigenvalue weighted by Gasteiger charge is -2.19. The molecule has 0 aromatic carbocycles. The van der Waals surface area contributed by atoms with E-state index < -0.39 is 12.8 Å². The fraction of sp³-hybridized carbons (Fsp3) is 0.778. The van der Waals surface area contributed by atoms with Crippen LogP contribution in [0.3, 0.4) is 0 Å². The molecule has 5 nitrogen and oxygen atoms in total. The van der Waals surface area contributed by atoms with Crippen LogP contribution in [0.4, 0.5) is 13.2 Å². The third-order valence-electron chi connectivity index (χ3n) is 2.20. The Hall–Kier alpha value is -0.800. The number of nitrogens with one attached hydrogen (secondary N) is 1.